The average Bonchev–Trinajstić information content (AvgIpc) is 2.80. The van der Waals surface area contributed by atoms with Crippen molar-refractivity contribution in [3.63, 3.8) is 0 Å². The van der Waals surface area contributed by atoms with Crippen LogP contribution in [0.3, 0.4) is 0 Å². The number of likely N-dealkylation sites (N-methyl/N-ethyl adjacent to an activating group) is 1. The predicted octanol–water partition coefficient (Wildman–Crippen LogP) is 4.33. The SMILES string of the molecule is C#Cc1ccccc1C(C(=O)Nc1ccccc1C)N(CC)C(=O)C(CS)NC(=O)OC(C)(C)C. The lowest BCUT2D eigenvalue weighted by Crippen LogP contribution is -2.53. The lowest BCUT2D eigenvalue weighted by atomic mass is 9.97. The fraction of sp³-hybridized carbons (Fsp3) is 0.370. The molecule has 2 atom stereocenters. The monoisotopic (exact) mass is 495 g/mol. The normalized spacial score (nSPS) is 12.6. The van der Waals surface area contributed by atoms with Crippen LogP contribution in [0.5, 0.6) is 0 Å². The first-order chi connectivity index (χ1) is 16.5. The molecule has 0 saturated carbocycles. The van der Waals surface area contributed by atoms with Gasteiger partial charge in [0.1, 0.15) is 17.7 Å². The largest absolute Gasteiger partial charge is 0.444 e. The summed E-state index contributed by atoms with van der Waals surface area (Å²) in [6.07, 6.45) is 4.98. The first kappa shape index (κ1) is 27.8. The van der Waals surface area contributed by atoms with Crippen molar-refractivity contribution in [2.24, 2.45) is 0 Å². The van der Waals surface area contributed by atoms with Crippen LogP contribution in [-0.4, -0.2) is 46.7 Å². The van der Waals surface area contributed by atoms with Gasteiger partial charge in [0.2, 0.25) is 5.91 Å². The highest BCUT2D eigenvalue weighted by Gasteiger charge is 2.36. The molecule has 0 aliphatic rings. The van der Waals surface area contributed by atoms with E-state index in [9.17, 15) is 14.4 Å². The van der Waals surface area contributed by atoms with Crippen LogP contribution in [0, 0.1) is 19.3 Å². The third-order valence-corrected chi connectivity index (χ3v) is 5.53. The van der Waals surface area contributed by atoms with Gasteiger partial charge in [-0.2, -0.15) is 12.6 Å². The Morgan fingerprint density at radius 2 is 1.74 bits per heavy atom. The van der Waals surface area contributed by atoms with Gasteiger partial charge in [0.05, 0.1) is 0 Å². The molecule has 0 aromatic heterocycles. The van der Waals surface area contributed by atoms with Gasteiger partial charge in [0, 0.05) is 23.5 Å². The third kappa shape index (κ3) is 7.52. The summed E-state index contributed by atoms with van der Waals surface area (Å²) in [4.78, 5) is 41.0. The summed E-state index contributed by atoms with van der Waals surface area (Å²) in [5.74, 6) is 1.71. The maximum Gasteiger partial charge on any atom is 0.408 e. The molecule has 0 aliphatic heterocycles. The van der Waals surface area contributed by atoms with Crippen LogP contribution in [0.4, 0.5) is 10.5 Å². The van der Waals surface area contributed by atoms with E-state index in [4.69, 9.17) is 11.2 Å². The molecule has 8 heteroatoms. The zero-order chi connectivity index (χ0) is 26.2. The number of benzene rings is 2. The number of amides is 3. The predicted molar refractivity (Wildman–Crippen MR) is 141 cm³/mol. The molecule has 7 nitrogen and oxygen atoms in total. The summed E-state index contributed by atoms with van der Waals surface area (Å²) in [6.45, 7) is 9.00. The number of thiol groups is 1. The van der Waals surface area contributed by atoms with Gasteiger partial charge in [0.25, 0.3) is 5.91 Å². The molecule has 2 unspecified atom stereocenters. The molecule has 2 aromatic carbocycles. The van der Waals surface area contributed by atoms with Crippen molar-refractivity contribution in [3.05, 3.63) is 65.2 Å². The van der Waals surface area contributed by atoms with Crippen LogP contribution in [-0.2, 0) is 14.3 Å². The Bertz CT molecular complexity index is 1100. The number of hydrogen-bond donors (Lipinski definition) is 3. The molecule has 0 radical (unpaired) electrons. The number of rotatable bonds is 8. The van der Waals surface area contributed by atoms with Crippen molar-refractivity contribution >= 4 is 36.2 Å². The lowest BCUT2D eigenvalue weighted by molar-refractivity contribution is -0.140. The summed E-state index contributed by atoms with van der Waals surface area (Å²) in [7, 11) is 0. The number of nitrogens with zero attached hydrogens (tertiary/aromatic N) is 1. The van der Waals surface area contributed by atoms with E-state index in [0.717, 1.165) is 5.56 Å². The minimum Gasteiger partial charge on any atom is -0.444 e. The van der Waals surface area contributed by atoms with E-state index in [1.165, 1.54) is 4.90 Å². The molecule has 0 heterocycles. The summed E-state index contributed by atoms with van der Waals surface area (Å²) in [5.41, 5.74) is 1.76. The smallest absolute Gasteiger partial charge is 0.408 e. The number of carbonyl (C=O) groups excluding carboxylic acids is 3. The second kappa shape index (κ2) is 12.3. The van der Waals surface area contributed by atoms with Crippen LogP contribution in [0.1, 0.15) is 50.4 Å². The van der Waals surface area contributed by atoms with Crippen molar-refractivity contribution in [2.75, 3.05) is 17.6 Å². The van der Waals surface area contributed by atoms with Crippen molar-refractivity contribution in [3.8, 4) is 12.3 Å². The minimum atomic E-state index is -1.04. The van der Waals surface area contributed by atoms with E-state index in [-0.39, 0.29) is 12.3 Å². The van der Waals surface area contributed by atoms with Gasteiger partial charge < -0.3 is 20.3 Å². The number of carbonyl (C=O) groups is 3. The number of hydrogen-bond acceptors (Lipinski definition) is 5. The van der Waals surface area contributed by atoms with Crippen molar-refractivity contribution in [1.29, 1.82) is 0 Å². The molecule has 3 amide bonds. The zero-order valence-electron chi connectivity index (χ0n) is 20.8. The van der Waals surface area contributed by atoms with Crippen molar-refractivity contribution in [1.82, 2.24) is 10.2 Å². The molecule has 2 N–H and O–H groups in total. The van der Waals surface area contributed by atoms with Gasteiger partial charge in [-0.05, 0) is 57.9 Å². The average molecular weight is 496 g/mol. The standard InChI is InChI=1S/C27H33N3O4S/c1-7-19-14-10-11-15-20(19)23(24(31)28-21-16-12-9-13-18(21)3)30(8-2)25(32)22(17-35)29-26(33)34-27(4,5)6/h1,9-16,22-23,35H,8,17H2,2-6H3,(H,28,31)(H,29,33). The van der Waals surface area contributed by atoms with E-state index >= 15 is 0 Å². The first-order valence-electron chi connectivity index (χ1n) is 11.3. The van der Waals surface area contributed by atoms with Crippen LogP contribution < -0.4 is 10.6 Å². The Morgan fingerprint density at radius 3 is 2.31 bits per heavy atom. The van der Waals surface area contributed by atoms with Crippen molar-refractivity contribution < 1.29 is 19.1 Å². The molecular weight excluding hydrogens is 462 g/mol. The Kier molecular flexibility index (Phi) is 9.78. The van der Waals surface area contributed by atoms with Crippen LogP contribution >= 0.6 is 12.6 Å². The molecule has 0 bridgehead atoms. The molecule has 0 spiro atoms. The fourth-order valence-corrected chi connectivity index (χ4v) is 3.78. The summed E-state index contributed by atoms with van der Waals surface area (Å²) < 4.78 is 5.29. The Labute approximate surface area is 213 Å². The number of para-hydroxylation sites is 1. The zero-order valence-corrected chi connectivity index (χ0v) is 21.7. The number of terminal acetylenes is 1. The number of nitrogens with one attached hydrogen (secondary N) is 2. The van der Waals surface area contributed by atoms with Crippen LogP contribution in [0.15, 0.2) is 48.5 Å². The highest BCUT2D eigenvalue weighted by Crippen LogP contribution is 2.27. The maximum atomic E-state index is 13.7. The van der Waals surface area contributed by atoms with Gasteiger partial charge in [-0.15, -0.1) is 6.42 Å². The molecule has 0 saturated heterocycles. The maximum absolute atomic E-state index is 13.7. The third-order valence-electron chi connectivity index (χ3n) is 5.17. The van der Waals surface area contributed by atoms with Crippen LogP contribution in [0.25, 0.3) is 0 Å². The molecule has 2 aromatic rings. The minimum absolute atomic E-state index is 0.0114. The first-order valence-corrected chi connectivity index (χ1v) is 12.0. The number of anilines is 1. The van der Waals surface area contributed by atoms with E-state index < -0.39 is 35.6 Å². The van der Waals surface area contributed by atoms with E-state index in [2.05, 4.69) is 29.2 Å². The quantitative estimate of drug-likeness (QED) is 0.376. The van der Waals surface area contributed by atoms with Crippen molar-refractivity contribution in [2.45, 2.75) is 52.3 Å². The molecular formula is C27H33N3O4S. The highest BCUT2D eigenvalue weighted by molar-refractivity contribution is 7.80. The van der Waals surface area contributed by atoms with Gasteiger partial charge in [-0.3, -0.25) is 9.59 Å². The molecule has 0 fully saturated rings. The van der Waals surface area contributed by atoms with Gasteiger partial charge in [-0.25, -0.2) is 4.79 Å². The van der Waals surface area contributed by atoms with Gasteiger partial charge in [-0.1, -0.05) is 42.3 Å². The summed E-state index contributed by atoms with van der Waals surface area (Å²) in [5, 5.41) is 5.50. The Balaban J connectivity index is 2.46. The summed E-state index contributed by atoms with van der Waals surface area (Å²) in [6, 6.07) is 12.3. The molecule has 0 aliphatic carbocycles. The number of aryl methyl sites for hydroxylation is 1. The number of ether oxygens (including phenoxy) is 1. The van der Waals surface area contributed by atoms with Gasteiger partial charge >= 0.3 is 6.09 Å². The Morgan fingerprint density at radius 1 is 1.11 bits per heavy atom. The second-order valence-corrected chi connectivity index (χ2v) is 9.31. The lowest BCUT2D eigenvalue weighted by Gasteiger charge is -2.34. The molecule has 35 heavy (non-hydrogen) atoms. The van der Waals surface area contributed by atoms with Gasteiger partial charge in [0.15, 0.2) is 0 Å². The molecule has 186 valence electrons. The topological polar surface area (TPSA) is 87.7 Å². The highest BCUT2D eigenvalue weighted by atomic mass is 32.1. The molecule has 2 rings (SSSR count). The fourth-order valence-electron chi connectivity index (χ4n) is 3.53. The van der Waals surface area contributed by atoms with Crippen LogP contribution in [0.2, 0.25) is 0 Å². The second-order valence-electron chi connectivity index (χ2n) is 8.94. The number of alkyl carbamates (subject to hydrolysis) is 1. The summed E-state index contributed by atoms with van der Waals surface area (Å²) >= 11 is 4.26. The Hall–Kier alpha value is -3.44. The van der Waals surface area contributed by atoms with E-state index in [1.54, 1.807) is 58.0 Å². The van der Waals surface area contributed by atoms with E-state index in [1.807, 2.05) is 25.1 Å². The van der Waals surface area contributed by atoms with E-state index in [0.29, 0.717) is 16.8 Å².